The van der Waals surface area contributed by atoms with E-state index in [0.29, 0.717) is 5.56 Å². The van der Waals surface area contributed by atoms with Crippen molar-refractivity contribution in [1.82, 2.24) is 0 Å². The molecule has 0 saturated heterocycles. The molecule has 0 radical (unpaired) electrons. The van der Waals surface area contributed by atoms with Gasteiger partial charge in [0.05, 0.1) is 10.5 Å². The molecule has 0 amide bonds. The van der Waals surface area contributed by atoms with Crippen LogP contribution in [0.25, 0.3) is 0 Å². The molecule has 0 aromatic heterocycles. The number of benzene rings is 2. The molecule has 0 aliphatic heterocycles. The molecule has 0 heterocycles. The lowest BCUT2D eigenvalue weighted by molar-refractivity contribution is -0.384. The summed E-state index contributed by atoms with van der Waals surface area (Å²) in [5.74, 6) is -0.439. The largest absolute Gasteiger partial charge is 0.456 e. The highest BCUT2D eigenvalue weighted by molar-refractivity contribution is 5.97. The summed E-state index contributed by atoms with van der Waals surface area (Å²) in [4.78, 5) is 21.7. The third-order valence-corrected chi connectivity index (χ3v) is 2.92. The molecule has 0 fully saturated rings. The average molecular weight is 289 g/mol. The summed E-state index contributed by atoms with van der Waals surface area (Å²) in [5.41, 5.74) is 0.339. The fourth-order valence-electron chi connectivity index (χ4n) is 1.76. The maximum absolute atomic E-state index is 13.5. The van der Waals surface area contributed by atoms with E-state index in [1.807, 2.05) is 0 Å². The SMILES string of the molecule is CC(=O)c1cc([N+](=O)[O-])ccc1Oc1ccc(C)c(F)c1. The molecule has 0 spiro atoms. The van der Waals surface area contributed by atoms with Crippen molar-refractivity contribution in [3.05, 3.63) is 63.5 Å². The van der Waals surface area contributed by atoms with E-state index in [2.05, 4.69) is 0 Å². The van der Waals surface area contributed by atoms with Crippen LogP contribution in [0.4, 0.5) is 10.1 Å². The number of nitrogens with zero attached hydrogens (tertiary/aromatic N) is 1. The molecule has 5 nitrogen and oxygen atoms in total. The minimum absolute atomic E-state index is 0.0742. The number of halogens is 1. The first-order chi connectivity index (χ1) is 9.88. The second-order valence-electron chi connectivity index (χ2n) is 4.51. The lowest BCUT2D eigenvalue weighted by Crippen LogP contribution is -1.99. The fraction of sp³-hybridized carbons (Fsp3) is 0.133. The fourth-order valence-corrected chi connectivity index (χ4v) is 1.76. The van der Waals surface area contributed by atoms with E-state index >= 15 is 0 Å². The van der Waals surface area contributed by atoms with Gasteiger partial charge in [-0.1, -0.05) is 6.07 Å². The van der Waals surface area contributed by atoms with Crippen LogP contribution in [0.5, 0.6) is 11.5 Å². The molecule has 108 valence electrons. The van der Waals surface area contributed by atoms with Crippen molar-refractivity contribution in [2.75, 3.05) is 0 Å². The smallest absolute Gasteiger partial charge is 0.270 e. The number of hydrogen-bond acceptors (Lipinski definition) is 4. The number of non-ortho nitro benzene ring substituents is 1. The number of hydrogen-bond donors (Lipinski definition) is 0. The van der Waals surface area contributed by atoms with Gasteiger partial charge < -0.3 is 4.74 Å². The van der Waals surface area contributed by atoms with Crippen molar-refractivity contribution in [3.63, 3.8) is 0 Å². The van der Waals surface area contributed by atoms with Gasteiger partial charge in [-0.2, -0.15) is 0 Å². The van der Waals surface area contributed by atoms with Crippen LogP contribution in [0.15, 0.2) is 36.4 Å². The number of aryl methyl sites for hydroxylation is 1. The molecule has 0 saturated carbocycles. The molecule has 2 aromatic rings. The standard InChI is InChI=1S/C15H12FNO4/c1-9-3-5-12(8-14(9)16)21-15-6-4-11(17(19)20)7-13(15)10(2)18/h3-8H,1-2H3. The lowest BCUT2D eigenvalue weighted by atomic mass is 10.1. The second kappa shape index (κ2) is 5.70. The van der Waals surface area contributed by atoms with Gasteiger partial charge in [-0.15, -0.1) is 0 Å². The topological polar surface area (TPSA) is 69.4 Å². The highest BCUT2D eigenvalue weighted by Gasteiger charge is 2.16. The first-order valence-electron chi connectivity index (χ1n) is 6.12. The minimum atomic E-state index is -0.595. The number of Topliss-reactive ketones (excluding diaryl/α,β-unsaturated/α-hetero) is 1. The molecule has 6 heteroatoms. The van der Waals surface area contributed by atoms with E-state index in [-0.39, 0.29) is 28.5 Å². The Hall–Kier alpha value is -2.76. The Labute approximate surface area is 120 Å². The van der Waals surface area contributed by atoms with E-state index in [1.54, 1.807) is 19.1 Å². The van der Waals surface area contributed by atoms with Crippen molar-refractivity contribution < 1.29 is 18.8 Å². The second-order valence-corrected chi connectivity index (χ2v) is 4.51. The van der Waals surface area contributed by atoms with Crippen LogP contribution in [-0.2, 0) is 0 Å². The highest BCUT2D eigenvalue weighted by atomic mass is 19.1. The summed E-state index contributed by atoms with van der Waals surface area (Å²) in [6, 6.07) is 8.00. The number of nitro benzene ring substituents is 1. The van der Waals surface area contributed by atoms with Gasteiger partial charge in [0.15, 0.2) is 5.78 Å². The van der Waals surface area contributed by atoms with E-state index < -0.39 is 10.7 Å². The zero-order valence-electron chi connectivity index (χ0n) is 11.4. The number of ether oxygens (including phenoxy) is 1. The molecular formula is C15H12FNO4. The molecule has 0 aliphatic rings. The molecule has 21 heavy (non-hydrogen) atoms. The molecular weight excluding hydrogens is 277 g/mol. The van der Waals surface area contributed by atoms with Crippen molar-refractivity contribution >= 4 is 11.5 Å². The summed E-state index contributed by atoms with van der Waals surface area (Å²) in [7, 11) is 0. The van der Waals surface area contributed by atoms with Crippen LogP contribution in [0, 0.1) is 22.9 Å². The molecule has 0 N–H and O–H groups in total. The summed E-state index contributed by atoms with van der Waals surface area (Å²) >= 11 is 0. The maximum atomic E-state index is 13.5. The Bertz CT molecular complexity index is 728. The van der Waals surface area contributed by atoms with Gasteiger partial charge >= 0.3 is 0 Å². The minimum Gasteiger partial charge on any atom is -0.456 e. The van der Waals surface area contributed by atoms with Crippen LogP contribution >= 0.6 is 0 Å². The normalized spacial score (nSPS) is 10.2. The zero-order valence-corrected chi connectivity index (χ0v) is 11.4. The first-order valence-corrected chi connectivity index (χ1v) is 6.12. The monoisotopic (exact) mass is 289 g/mol. The third kappa shape index (κ3) is 3.22. The average Bonchev–Trinajstić information content (AvgIpc) is 2.43. The quantitative estimate of drug-likeness (QED) is 0.484. The van der Waals surface area contributed by atoms with Crippen LogP contribution in [0.2, 0.25) is 0 Å². The number of ketones is 1. The summed E-state index contributed by atoms with van der Waals surface area (Å²) in [6.45, 7) is 2.90. The summed E-state index contributed by atoms with van der Waals surface area (Å²) in [5, 5.41) is 10.7. The van der Waals surface area contributed by atoms with Gasteiger partial charge in [-0.25, -0.2) is 4.39 Å². The highest BCUT2D eigenvalue weighted by Crippen LogP contribution is 2.29. The number of carbonyl (C=O) groups excluding carboxylic acids is 1. The van der Waals surface area contributed by atoms with Gasteiger partial charge in [0.2, 0.25) is 0 Å². The Morgan fingerprint density at radius 1 is 1.24 bits per heavy atom. The van der Waals surface area contributed by atoms with E-state index in [4.69, 9.17) is 4.74 Å². The predicted molar refractivity (Wildman–Crippen MR) is 74.3 cm³/mol. The maximum Gasteiger partial charge on any atom is 0.270 e. The number of rotatable bonds is 4. The predicted octanol–water partition coefficient (Wildman–Crippen LogP) is 4.04. The number of nitro groups is 1. The summed E-state index contributed by atoms with van der Waals surface area (Å²) in [6.07, 6.45) is 0. The Morgan fingerprint density at radius 2 is 1.95 bits per heavy atom. The molecule has 0 atom stereocenters. The summed E-state index contributed by atoms with van der Waals surface area (Å²) < 4.78 is 18.9. The van der Waals surface area contributed by atoms with Crippen molar-refractivity contribution in [3.8, 4) is 11.5 Å². The van der Waals surface area contributed by atoms with Crippen molar-refractivity contribution in [2.24, 2.45) is 0 Å². The molecule has 0 unspecified atom stereocenters. The number of carbonyl (C=O) groups is 1. The first kappa shape index (κ1) is 14.6. The van der Waals surface area contributed by atoms with Crippen LogP contribution in [0.1, 0.15) is 22.8 Å². The van der Waals surface area contributed by atoms with Crippen molar-refractivity contribution in [1.29, 1.82) is 0 Å². The van der Waals surface area contributed by atoms with Crippen LogP contribution in [0.3, 0.4) is 0 Å². The van der Waals surface area contributed by atoms with Crippen LogP contribution < -0.4 is 4.74 Å². The van der Waals surface area contributed by atoms with Crippen molar-refractivity contribution in [2.45, 2.75) is 13.8 Å². The Kier molecular flexibility index (Phi) is 3.98. The van der Waals surface area contributed by atoms with Gasteiger partial charge in [0.1, 0.15) is 17.3 Å². The van der Waals surface area contributed by atoms with Gasteiger partial charge in [-0.3, -0.25) is 14.9 Å². The zero-order chi connectivity index (χ0) is 15.6. The molecule has 0 bridgehead atoms. The third-order valence-electron chi connectivity index (χ3n) is 2.92. The molecule has 2 aromatic carbocycles. The van der Waals surface area contributed by atoms with Crippen LogP contribution in [-0.4, -0.2) is 10.7 Å². The Morgan fingerprint density at radius 3 is 2.52 bits per heavy atom. The molecule has 0 aliphatic carbocycles. The van der Waals surface area contributed by atoms with E-state index in [9.17, 15) is 19.3 Å². The Balaban J connectivity index is 2.41. The van der Waals surface area contributed by atoms with E-state index in [0.717, 1.165) is 6.07 Å². The van der Waals surface area contributed by atoms with Gasteiger partial charge in [0, 0.05) is 18.2 Å². The van der Waals surface area contributed by atoms with Gasteiger partial charge in [-0.05, 0) is 31.5 Å². The van der Waals surface area contributed by atoms with Gasteiger partial charge in [0.25, 0.3) is 5.69 Å². The van der Waals surface area contributed by atoms with E-state index in [1.165, 1.54) is 25.1 Å². The lowest BCUT2D eigenvalue weighted by Gasteiger charge is -2.10. The molecule has 2 rings (SSSR count).